The van der Waals surface area contributed by atoms with E-state index in [1.54, 1.807) is 42.6 Å². The standard InChI is InChI=1S/C22H24N6O2/c1-28-12-4-5-15(14-28)21(29)24-16-6-2-7-17(13-16)25-22(30)20-9-3-8-18(26-20)19-10-11-23-27-19/h2-3,6-11,13,15H,4-5,12,14H2,1H3,(H,23,27)(H,24,29)(H,25,30). The molecule has 1 saturated heterocycles. The molecule has 3 N–H and O–H groups in total. The molecule has 8 heteroatoms. The van der Waals surface area contributed by atoms with Crippen LogP contribution in [0.25, 0.3) is 11.4 Å². The highest BCUT2D eigenvalue weighted by Crippen LogP contribution is 2.20. The fourth-order valence-corrected chi connectivity index (χ4v) is 3.60. The van der Waals surface area contributed by atoms with Gasteiger partial charge in [-0.25, -0.2) is 4.98 Å². The van der Waals surface area contributed by atoms with Crippen LogP contribution in [0.4, 0.5) is 11.4 Å². The predicted molar refractivity (Wildman–Crippen MR) is 115 cm³/mol. The van der Waals surface area contributed by atoms with Gasteiger partial charge >= 0.3 is 0 Å². The molecule has 154 valence electrons. The third kappa shape index (κ3) is 4.72. The Balaban J connectivity index is 1.42. The summed E-state index contributed by atoms with van der Waals surface area (Å²) in [6, 6.07) is 14.2. The number of amides is 2. The Morgan fingerprint density at radius 3 is 2.67 bits per heavy atom. The lowest BCUT2D eigenvalue weighted by Crippen LogP contribution is -2.38. The summed E-state index contributed by atoms with van der Waals surface area (Å²) in [5, 5.41) is 12.6. The molecule has 1 aliphatic heterocycles. The highest BCUT2D eigenvalue weighted by molar-refractivity contribution is 6.03. The molecule has 8 nitrogen and oxygen atoms in total. The Labute approximate surface area is 174 Å². The van der Waals surface area contributed by atoms with Crippen LogP contribution in [0.15, 0.2) is 54.7 Å². The SMILES string of the molecule is CN1CCCC(C(=O)Nc2cccc(NC(=O)c3cccc(-c4ccn[nH]4)n3)c2)C1. The van der Waals surface area contributed by atoms with E-state index in [0.717, 1.165) is 31.6 Å². The van der Waals surface area contributed by atoms with Gasteiger partial charge in [-0.3, -0.25) is 14.7 Å². The van der Waals surface area contributed by atoms with Gasteiger partial charge in [0.15, 0.2) is 0 Å². The Morgan fingerprint density at radius 2 is 1.90 bits per heavy atom. The summed E-state index contributed by atoms with van der Waals surface area (Å²) >= 11 is 0. The Bertz CT molecular complexity index is 1030. The largest absolute Gasteiger partial charge is 0.326 e. The molecule has 3 heterocycles. The van der Waals surface area contributed by atoms with Crippen molar-refractivity contribution in [3.05, 3.63) is 60.4 Å². The van der Waals surface area contributed by atoms with Gasteiger partial charge in [0.05, 0.1) is 17.3 Å². The first-order valence-corrected chi connectivity index (χ1v) is 9.96. The van der Waals surface area contributed by atoms with Crippen molar-refractivity contribution >= 4 is 23.2 Å². The zero-order chi connectivity index (χ0) is 20.9. The molecule has 1 atom stereocenters. The van der Waals surface area contributed by atoms with Gasteiger partial charge in [-0.15, -0.1) is 0 Å². The predicted octanol–water partition coefficient (Wildman–Crippen LogP) is 3.00. The molecular formula is C22H24N6O2. The van der Waals surface area contributed by atoms with Crippen molar-refractivity contribution < 1.29 is 9.59 Å². The van der Waals surface area contributed by atoms with Crippen LogP contribution in [0, 0.1) is 5.92 Å². The summed E-state index contributed by atoms with van der Waals surface area (Å²) in [6.07, 6.45) is 3.55. The van der Waals surface area contributed by atoms with E-state index in [4.69, 9.17) is 0 Å². The van der Waals surface area contributed by atoms with Gasteiger partial charge < -0.3 is 15.5 Å². The number of hydrogen-bond acceptors (Lipinski definition) is 5. The van der Waals surface area contributed by atoms with Crippen molar-refractivity contribution in [1.29, 1.82) is 0 Å². The van der Waals surface area contributed by atoms with Crippen LogP contribution in [0.3, 0.4) is 0 Å². The fraction of sp³-hybridized carbons (Fsp3) is 0.273. The van der Waals surface area contributed by atoms with Crippen LogP contribution in [0.2, 0.25) is 0 Å². The van der Waals surface area contributed by atoms with Crippen molar-refractivity contribution in [1.82, 2.24) is 20.1 Å². The first-order chi connectivity index (χ1) is 14.6. The molecule has 30 heavy (non-hydrogen) atoms. The molecular weight excluding hydrogens is 380 g/mol. The summed E-state index contributed by atoms with van der Waals surface area (Å²) in [4.78, 5) is 31.8. The van der Waals surface area contributed by atoms with Crippen LogP contribution in [-0.4, -0.2) is 52.0 Å². The molecule has 2 amide bonds. The van der Waals surface area contributed by atoms with Gasteiger partial charge in [0.2, 0.25) is 5.91 Å². The average Bonchev–Trinajstić information content (AvgIpc) is 3.29. The molecule has 3 aromatic rings. The Hall–Kier alpha value is -3.52. The second kappa shape index (κ2) is 8.87. The average molecular weight is 404 g/mol. The molecule has 1 fully saturated rings. The summed E-state index contributed by atoms with van der Waals surface area (Å²) in [5.41, 5.74) is 2.92. The van der Waals surface area contributed by atoms with Crippen molar-refractivity contribution in [2.75, 3.05) is 30.8 Å². The van der Waals surface area contributed by atoms with Gasteiger partial charge in [-0.1, -0.05) is 12.1 Å². The van der Waals surface area contributed by atoms with E-state index in [9.17, 15) is 9.59 Å². The summed E-state index contributed by atoms with van der Waals surface area (Å²) in [6.45, 7) is 1.79. The van der Waals surface area contributed by atoms with E-state index in [2.05, 4.69) is 30.7 Å². The number of benzene rings is 1. The Kier molecular flexibility index (Phi) is 5.85. The number of likely N-dealkylation sites (tertiary alicyclic amines) is 1. The number of nitrogens with one attached hydrogen (secondary N) is 3. The lowest BCUT2D eigenvalue weighted by Gasteiger charge is -2.28. The third-order valence-electron chi connectivity index (χ3n) is 5.14. The molecule has 4 rings (SSSR count). The molecule has 2 aromatic heterocycles. The number of pyridine rings is 1. The molecule has 0 aliphatic carbocycles. The quantitative estimate of drug-likeness (QED) is 0.607. The smallest absolute Gasteiger partial charge is 0.274 e. The number of aromatic amines is 1. The monoisotopic (exact) mass is 404 g/mol. The molecule has 1 aromatic carbocycles. The van der Waals surface area contributed by atoms with Crippen molar-refractivity contribution in [2.45, 2.75) is 12.8 Å². The number of carbonyl (C=O) groups excluding carboxylic acids is 2. The topological polar surface area (TPSA) is 103 Å². The van der Waals surface area contributed by atoms with Crippen LogP contribution in [0.1, 0.15) is 23.3 Å². The fourth-order valence-electron chi connectivity index (χ4n) is 3.60. The van der Waals surface area contributed by atoms with Gasteiger partial charge in [-0.2, -0.15) is 5.10 Å². The number of nitrogens with zero attached hydrogens (tertiary/aromatic N) is 3. The maximum Gasteiger partial charge on any atom is 0.274 e. The molecule has 0 spiro atoms. The molecule has 0 radical (unpaired) electrons. The van der Waals surface area contributed by atoms with E-state index in [1.807, 2.05) is 19.2 Å². The maximum atomic E-state index is 12.7. The van der Waals surface area contributed by atoms with Crippen LogP contribution < -0.4 is 10.6 Å². The van der Waals surface area contributed by atoms with Crippen molar-refractivity contribution in [2.24, 2.45) is 5.92 Å². The van der Waals surface area contributed by atoms with Gasteiger partial charge in [0.25, 0.3) is 5.91 Å². The number of H-pyrrole nitrogens is 1. The van der Waals surface area contributed by atoms with Crippen LogP contribution in [-0.2, 0) is 4.79 Å². The number of aromatic nitrogens is 3. The lowest BCUT2D eigenvalue weighted by molar-refractivity contribution is -0.121. The minimum atomic E-state index is -0.325. The maximum absolute atomic E-state index is 12.7. The van der Waals surface area contributed by atoms with Crippen molar-refractivity contribution in [3.63, 3.8) is 0 Å². The first-order valence-electron chi connectivity index (χ1n) is 9.96. The summed E-state index contributed by atoms with van der Waals surface area (Å²) in [5.74, 6) is -0.330. The highest BCUT2D eigenvalue weighted by Gasteiger charge is 2.24. The zero-order valence-electron chi connectivity index (χ0n) is 16.8. The number of carbonyl (C=O) groups is 2. The second-order valence-electron chi connectivity index (χ2n) is 7.50. The number of piperidine rings is 1. The van der Waals surface area contributed by atoms with Crippen molar-refractivity contribution in [3.8, 4) is 11.4 Å². The molecule has 0 bridgehead atoms. The highest BCUT2D eigenvalue weighted by atomic mass is 16.2. The third-order valence-corrected chi connectivity index (χ3v) is 5.14. The number of rotatable bonds is 5. The molecule has 1 aliphatic rings. The summed E-state index contributed by atoms with van der Waals surface area (Å²) < 4.78 is 0. The number of anilines is 2. The van der Waals surface area contributed by atoms with E-state index < -0.39 is 0 Å². The van der Waals surface area contributed by atoms with Crippen LogP contribution >= 0.6 is 0 Å². The van der Waals surface area contributed by atoms with E-state index in [-0.39, 0.29) is 17.7 Å². The normalized spacial score (nSPS) is 16.8. The van der Waals surface area contributed by atoms with Gasteiger partial charge in [-0.05, 0) is 62.8 Å². The van der Waals surface area contributed by atoms with Gasteiger partial charge in [0, 0.05) is 24.1 Å². The summed E-state index contributed by atoms with van der Waals surface area (Å²) in [7, 11) is 2.03. The zero-order valence-corrected chi connectivity index (χ0v) is 16.8. The van der Waals surface area contributed by atoms with E-state index >= 15 is 0 Å². The Morgan fingerprint density at radius 1 is 1.10 bits per heavy atom. The second-order valence-corrected chi connectivity index (χ2v) is 7.50. The van der Waals surface area contributed by atoms with Gasteiger partial charge in [0.1, 0.15) is 5.69 Å². The number of hydrogen-bond donors (Lipinski definition) is 3. The minimum absolute atomic E-state index is 0.0129. The molecule has 0 saturated carbocycles. The first kappa shape index (κ1) is 19.8. The minimum Gasteiger partial charge on any atom is -0.326 e. The lowest BCUT2D eigenvalue weighted by atomic mass is 9.97. The van der Waals surface area contributed by atoms with E-state index in [0.29, 0.717) is 22.8 Å². The molecule has 1 unspecified atom stereocenters. The van der Waals surface area contributed by atoms with E-state index in [1.165, 1.54) is 0 Å². The van der Waals surface area contributed by atoms with Crippen LogP contribution in [0.5, 0.6) is 0 Å².